The van der Waals surface area contributed by atoms with Crippen LogP contribution < -0.4 is 9.47 Å². The van der Waals surface area contributed by atoms with Crippen molar-refractivity contribution in [2.24, 2.45) is 0 Å². The Kier molecular flexibility index (Phi) is 26.1. The normalized spacial score (nSPS) is 26.1. The first-order valence-electron chi connectivity index (χ1n) is 16.1. The molecule has 22 nitrogen and oxygen atoms in total. The van der Waals surface area contributed by atoms with Crippen molar-refractivity contribution in [2.45, 2.75) is 84.9 Å². The molecule has 1 radical (unpaired) electrons. The predicted molar refractivity (Wildman–Crippen MR) is 184 cm³/mol. The average molecular weight is 1050 g/mol. The molecule has 10 N–H and O–H groups in total. The van der Waals surface area contributed by atoms with E-state index in [1.165, 1.54) is 6.92 Å². The van der Waals surface area contributed by atoms with Crippen LogP contribution in [-0.2, 0) is 75.2 Å². The van der Waals surface area contributed by atoms with Gasteiger partial charge in [0.2, 0.25) is 12.6 Å². The molecule has 2 fully saturated rings. The summed E-state index contributed by atoms with van der Waals surface area (Å²) in [5, 5.41) is 67.5. The molecular weight excluding hydrogens is 1010 g/mol. The van der Waals surface area contributed by atoms with Gasteiger partial charge in [-0.15, -0.1) is 0 Å². The molecule has 2 aliphatic rings. The van der Waals surface area contributed by atoms with E-state index in [1.54, 1.807) is 60.7 Å². The van der Waals surface area contributed by atoms with Crippen LogP contribution in [0.4, 0.5) is 39.5 Å². The Morgan fingerprint density at radius 2 is 0.812 bits per heavy atom. The molecule has 2 saturated heterocycles. The van der Waals surface area contributed by atoms with Gasteiger partial charge >= 0.3 is 52.8 Å². The molecule has 2 aromatic carbocycles. The van der Waals surface area contributed by atoms with E-state index >= 15 is 0 Å². The molecule has 0 unspecified atom stereocenters. The van der Waals surface area contributed by atoms with E-state index in [0.29, 0.717) is 11.5 Å². The number of aliphatic hydroxyl groups excluding tert-OH is 7. The third-order valence-electron chi connectivity index (χ3n) is 6.84. The second-order valence-electron chi connectivity index (χ2n) is 11.6. The molecule has 0 amide bonds. The standard InChI is InChI=1S/C14H18O7.C12H16O6.3CHF3O3S.Sc/c1-8(15)19-7-10-11(16)12(17)13(18)14(21-10)20-9-5-3-2-4-6-9;13-6-8-9(14)10(15)11(16)12(18-8)17-7-4-2-1-3-5-7;3*2-1(3,4)8(5,6)7;/h2-6,10-14,16-18H,7H2,1H3;1-5,8-16H,6H2;3*(H,5,6,7);/t10-,11-,12+,13-,14-;8-,9-,10+,11-,12-;;;;/m11..../s1. The van der Waals surface area contributed by atoms with Crippen molar-refractivity contribution in [1.29, 1.82) is 0 Å². The minimum Gasteiger partial charge on any atom is -0.463 e. The molecule has 0 spiro atoms. The molecule has 2 aromatic rings. The molecule has 0 saturated carbocycles. The summed E-state index contributed by atoms with van der Waals surface area (Å²) in [6.45, 7) is 0.507. The van der Waals surface area contributed by atoms with Gasteiger partial charge in [-0.2, -0.15) is 64.8 Å². The molecule has 369 valence electrons. The van der Waals surface area contributed by atoms with Gasteiger partial charge in [0, 0.05) is 32.8 Å². The van der Waals surface area contributed by atoms with Gasteiger partial charge in [0.05, 0.1) is 6.61 Å². The number of para-hydroxylation sites is 2. The number of rotatable bonds is 7. The van der Waals surface area contributed by atoms with Gasteiger partial charge in [-0.25, -0.2) is 0 Å². The smallest absolute Gasteiger partial charge is 0.463 e. The predicted octanol–water partition coefficient (Wildman–Crippen LogP) is -0.519. The molecule has 0 aliphatic carbocycles. The van der Waals surface area contributed by atoms with E-state index in [0.717, 1.165) is 0 Å². The van der Waals surface area contributed by atoms with Gasteiger partial charge in [0.1, 0.15) is 66.9 Å². The van der Waals surface area contributed by atoms with Gasteiger partial charge in [0.25, 0.3) is 0 Å². The van der Waals surface area contributed by atoms with E-state index in [4.69, 9.17) is 67.7 Å². The molecule has 10 atom stereocenters. The number of hydrogen-bond acceptors (Lipinski definition) is 19. The van der Waals surface area contributed by atoms with Gasteiger partial charge < -0.3 is 59.4 Å². The Balaban J connectivity index is 0. The summed E-state index contributed by atoms with van der Waals surface area (Å²) >= 11 is 0. The van der Waals surface area contributed by atoms with Crippen LogP contribution in [0.25, 0.3) is 0 Å². The summed E-state index contributed by atoms with van der Waals surface area (Å²) < 4.78 is 199. The quantitative estimate of drug-likeness (QED) is 0.0722. The van der Waals surface area contributed by atoms with Crippen molar-refractivity contribution in [3.8, 4) is 11.5 Å². The summed E-state index contributed by atoms with van der Waals surface area (Å²) in [5.74, 6) is 0.366. The summed E-state index contributed by atoms with van der Waals surface area (Å²) in [6.07, 6.45) is -12.7. The SMILES string of the molecule is CC(=O)OC[C@H]1O[C@@H](Oc2ccccc2)[C@H](O)[C@@H](O)[C@@H]1O.O=S(=O)(O)C(F)(F)F.O=S(=O)(O)C(F)(F)F.O=S(=O)(O)C(F)(F)F.OC[C@H]1O[C@@H](Oc2ccccc2)[C@H](O)[C@@H](O)[C@@H]1O.[Sc]. The molecule has 35 heteroatoms. The van der Waals surface area contributed by atoms with Crippen LogP contribution in [0.5, 0.6) is 11.5 Å². The molecule has 64 heavy (non-hydrogen) atoms. The zero-order valence-corrected chi connectivity index (χ0v) is 35.8. The molecular formula is C29H37F9O22S3Sc. The Hall–Kier alpha value is -2.88. The van der Waals surface area contributed by atoms with Crippen LogP contribution in [0.3, 0.4) is 0 Å². The summed E-state index contributed by atoms with van der Waals surface area (Å²) in [6, 6.07) is 17.2. The summed E-state index contributed by atoms with van der Waals surface area (Å²) in [7, 11) is -17.5. The number of carbonyl (C=O) groups excluding carboxylic acids is 1. The third-order valence-corrected chi connectivity index (χ3v) is 8.59. The van der Waals surface area contributed by atoms with Crippen molar-refractivity contribution < 1.29 is 168 Å². The Labute approximate surface area is 373 Å². The van der Waals surface area contributed by atoms with Crippen LogP contribution in [0.15, 0.2) is 60.7 Å². The number of aliphatic hydroxyl groups is 7. The zero-order chi connectivity index (χ0) is 49.5. The number of carbonyl (C=O) groups is 1. The number of esters is 1. The number of alkyl halides is 9. The Bertz CT molecular complexity index is 1900. The Morgan fingerprint density at radius 1 is 0.547 bits per heavy atom. The van der Waals surface area contributed by atoms with Gasteiger partial charge in [-0.05, 0) is 24.3 Å². The molecule has 0 bridgehead atoms. The fourth-order valence-corrected chi connectivity index (χ4v) is 3.78. The minimum atomic E-state index is -5.84. The van der Waals surface area contributed by atoms with Crippen LogP contribution in [0.1, 0.15) is 6.92 Å². The number of hydrogen-bond donors (Lipinski definition) is 10. The van der Waals surface area contributed by atoms with Crippen LogP contribution in [0.2, 0.25) is 0 Å². The molecule has 4 rings (SSSR count). The van der Waals surface area contributed by atoms with E-state index in [1.807, 2.05) is 0 Å². The number of halogens is 9. The van der Waals surface area contributed by atoms with Crippen LogP contribution >= 0.6 is 0 Å². The van der Waals surface area contributed by atoms with Crippen LogP contribution in [-0.4, -0.2) is 172 Å². The maximum absolute atomic E-state index is 10.8. The summed E-state index contributed by atoms with van der Waals surface area (Å²) in [4.78, 5) is 10.8. The van der Waals surface area contributed by atoms with Gasteiger partial charge in [-0.3, -0.25) is 18.5 Å². The van der Waals surface area contributed by atoms with Gasteiger partial charge in [0.15, 0.2) is 0 Å². The summed E-state index contributed by atoms with van der Waals surface area (Å²) in [5.41, 5.74) is -16.6. The average Bonchev–Trinajstić information content (AvgIpc) is 3.14. The minimum absolute atomic E-state index is 0. The monoisotopic (exact) mass is 1050 g/mol. The first kappa shape index (κ1) is 63.2. The second kappa shape index (κ2) is 26.5. The largest absolute Gasteiger partial charge is 0.522 e. The topological polar surface area (TPSA) is 368 Å². The number of ether oxygens (including phenoxy) is 5. The van der Waals surface area contributed by atoms with E-state index < -0.39 is 121 Å². The molecule has 2 aliphatic heterocycles. The van der Waals surface area contributed by atoms with Crippen LogP contribution in [0, 0.1) is 0 Å². The maximum atomic E-state index is 10.8. The van der Waals surface area contributed by atoms with Crippen molar-refractivity contribution >= 4 is 36.3 Å². The fourth-order valence-electron chi connectivity index (χ4n) is 3.78. The number of benzene rings is 2. The first-order chi connectivity index (χ1) is 28.4. The zero-order valence-electron chi connectivity index (χ0n) is 31.5. The molecule has 0 aromatic heterocycles. The fraction of sp³-hybridized carbons (Fsp3) is 0.552. The van der Waals surface area contributed by atoms with Crippen molar-refractivity contribution in [1.82, 2.24) is 0 Å². The van der Waals surface area contributed by atoms with Gasteiger partial charge in [-0.1, -0.05) is 36.4 Å². The van der Waals surface area contributed by atoms with E-state index in [9.17, 15) is 74.9 Å². The third kappa shape index (κ3) is 22.1. The Morgan fingerprint density at radius 3 is 1.06 bits per heavy atom. The van der Waals surface area contributed by atoms with Crippen molar-refractivity contribution in [2.75, 3.05) is 13.2 Å². The van der Waals surface area contributed by atoms with Crippen molar-refractivity contribution in [3.05, 3.63) is 60.7 Å². The molecule has 2 heterocycles. The second-order valence-corrected chi connectivity index (χ2v) is 15.9. The van der Waals surface area contributed by atoms with E-state index in [-0.39, 0.29) is 32.5 Å². The first-order valence-corrected chi connectivity index (χ1v) is 20.4. The van der Waals surface area contributed by atoms with E-state index in [2.05, 4.69) is 0 Å². The van der Waals surface area contributed by atoms with Crippen molar-refractivity contribution in [3.63, 3.8) is 0 Å². The maximum Gasteiger partial charge on any atom is 0.522 e.